The highest BCUT2D eigenvalue weighted by Gasteiger charge is 2.19. The Labute approximate surface area is 184 Å². The Bertz CT molecular complexity index is 1160. The minimum absolute atomic E-state index is 0.0672. The van der Waals surface area contributed by atoms with Crippen LogP contribution in [0.1, 0.15) is 10.4 Å². The van der Waals surface area contributed by atoms with Crippen LogP contribution in [0.25, 0.3) is 22.5 Å². The number of aromatic nitrogens is 3. The number of carbonyl (C=O) groups excluding carboxylic acids is 1. The molecule has 5 nitrogen and oxygen atoms in total. The first-order valence-electron chi connectivity index (χ1n) is 9.55. The van der Waals surface area contributed by atoms with Crippen LogP contribution in [-0.2, 0) is 11.8 Å². The number of carbonyl (C=O) groups is 1. The molecule has 0 aliphatic heterocycles. The fraction of sp³-hybridized carbons (Fsp3) is 0.174. The van der Waals surface area contributed by atoms with Gasteiger partial charge in [-0.1, -0.05) is 59.8 Å². The topological polar surface area (TPSA) is 59.8 Å². The van der Waals surface area contributed by atoms with Crippen LogP contribution in [0.3, 0.4) is 0 Å². The standard InChI is InChI=1S/C23H22N4OS2/c1-15-9-11-17(12-10-15)21-16(2)29-13-19(21)22-25-26-23(27(22)3)30-14-20(28)24-18-7-5-4-6-8-18/h4-13H,14H2,1-3H3,(H,24,28). The van der Waals surface area contributed by atoms with E-state index in [1.165, 1.54) is 33.3 Å². The fourth-order valence-electron chi connectivity index (χ4n) is 3.22. The number of aryl methyl sites for hydroxylation is 2. The van der Waals surface area contributed by atoms with Gasteiger partial charge in [0.1, 0.15) is 0 Å². The summed E-state index contributed by atoms with van der Waals surface area (Å²) in [4.78, 5) is 13.5. The quantitative estimate of drug-likeness (QED) is 0.404. The van der Waals surface area contributed by atoms with Crippen molar-refractivity contribution in [1.82, 2.24) is 14.8 Å². The summed E-state index contributed by atoms with van der Waals surface area (Å²) in [5.74, 6) is 1.01. The first kappa shape index (κ1) is 20.4. The minimum Gasteiger partial charge on any atom is -0.325 e. The summed E-state index contributed by atoms with van der Waals surface area (Å²) in [7, 11) is 1.94. The molecule has 0 unspecified atom stereocenters. The molecule has 2 aromatic carbocycles. The third-order valence-electron chi connectivity index (χ3n) is 4.78. The molecule has 30 heavy (non-hydrogen) atoms. The maximum absolute atomic E-state index is 12.3. The van der Waals surface area contributed by atoms with E-state index in [1.807, 2.05) is 41.9 Å². The number of rotatable bonds is 6. The van der Waals surface area contributed by atoms with Crippen LogP contribution in [-0.4, -0.2) is 26.4 Å². The maximum atomic E-state index is 12.3. The zero-order valence-corrected chi connectivity index (χ0v) is 18.7. The van der Waals surface area contributed by atoms with E-state index in [0.29, 0.717) is 5.16 Å². The molecule has 152 valence electrons. The number of nitrogens with zero attached hydrogens (tertiary/aromatic N) is 3. The molecule has 0 saturated carbocycles. The molecule has 0 atom stereocenters. The summed E-state index contributed by atoms with van der Waals surface area (Å²) in [6.07, 6.45) is 0. The van der Waals surface area contributed by atoms with E-state index in [1.54, 1.807) is 11.3 Å². The van der Waals surface area contributed by atoms with Crippen molar-refractivity contribution >= 4 is 34.7 Å². The van der Waals surface area contributed by atoms with Crippen molar-refractivity contribution in [3.63, 3.8) is 0 Å². The molecule has 0 saturated heterocycles. The Kier molecular flexibility index (Phi) is 6.01. The largest absolute Gasteiger partial charge is 0.325 e. The van der Waals surface area contributed by atoms with E-state index in [4.69, 9.17) is 0 Å². The Hall–Kier alpha value is -2.90. The second kappa shape index (κ2) is 8.85. The number of thioether (sulfide) groups is 1. The fourth-order valence-corrected chi connectivity index (χ4v) is 4.80. The average molecular weight is 435 g/mol. The van der Waals surface area contributed by atoms with Crippen molar-refractivity contribution < 1.29 is 4.79 Å². The van der Waals surface area contributed by atoms with Gasteiger partial charge in [0, 0.05) is 34.1 Å². The second-order valence-electron chi connectivity index (χ2n) is 7.01. The number of hydrogen-bond acceptors (Lipinski definition) is 5. The first-order chi connectivity index (χ1) is 14.5. The van der Waals surface area contributed by atoms with Crippen molar-refractivity contribution in [3.8, 4) is 22.5 Å². The normalized spacial score (nSPS) is 10.9. The molecular weight excluding hydrogens is 412 g/mol. The molecule has 1 amide bonds. The number of para-hydroxylation sites is 1. The second-order valence-corrected chi connectivity index (χ2v) is 9.04. The number of hydrogen-bond donors (Lipinski definition) is 1. The van der Waals surface area contributed by atoms with E-state index in [2.05, 4.69) is 59.0 Å². The number of anilines is 1. The summed E-state index contributed by atoms with van der Waals surface area (Å²) in [6.45, 7) is 4.22. The average Bonchev–Trinajstić information content (AvgIpc) is 3.30. The van der Waals surface area contributed by atoms with Gasteiger partial charge in [0.15, 0.2) is 11.0 Å². The molecule has 4 rings (SSSR count). The van der Waals surface area contributed by atoms with Gasteiger partial charge in [-0.3, -0.25) is 4.79 Å². The molecule has 0 aliphatic rings. The van der Waals surface area contributed by atoms with Gasteiger partial charge >= 0.3 is 0 Å². The van der Waals surface area contributed by atoms with E-state index >= 15 is 0 Å². The Balaban J connectivity index is 1.53. The Morgan fingerprint density at radius 1 is 1.07 bits per heavy atom. The molecule has 0 radical (unpaired) electrons. The molecule has 4 aromatic rings. The summed E-state index contributed by atoms with van der Waals surface area (Å²) in [6, 6.07) is 18.0. The molecule has 1 N–H and O–H groups in total. The molecule has 7 heteroatoms. The van der Waals surface area contributed by atoms with Gasteiger partial charge in [0.05, 0.1) is 5.75 Å². The molecule has 0 fully saturated rings. The first-order valence-corrected chi connectivity index (χ1v) is 11.4. The predicted molar refractivity (Wildman–Crippen MR) is 125 cm³/mol. The molecular formula is C23H22N4OS2. The third kappa shape index (κ3) is 4.32. The van der Waals surface area contributed by atoms with Gasteiger partial charge in [-0.15, -0.1) is 21.5 Å². The van der Waals surface area contributed by atoms with E-state index < -0.39 is 0 Å². The Morgan fingerprint density at radius 3 is 2.53 bits per heavy atom. The van der Waals surface area contributed by atoms with Crippen molar-refractivity contribution in [1.29, 1.82) is 0 Å². The monoisotopic (exact) mass is 434 g/mol. The van der Waals surface area contributed by atoms with Crippen molar-refractivity contribution in [3.05, 3.63) is 70.4 Å². The molecule has 2 heterocycles. The van der Waals surface area contributed by atoms with Crippen LogP contribution >= 0.6 is 23.1 Å². The van der Waals surface area contributed by atoms with Crippen LogP contribution in [0, 0.1) is 13.8 Å². The van der Waals surface area contributed by atoms with Crippen molar-refractivity contribution in [2.45, 2.75) is 19.0 Å². The summed E-state index contributed by atoms with van der Waals surface area (Å²) < 4.78 is 1.96. The van der Waals surface area contributed by atoms with Gasteiger partial charge in [0.25, 0.3) is 0 Å². The number of amides is 1. The molecule has 2 aromatic heterocycles. The van der Waals surface area contributed by atoms with Gasteiger partial charge < -0.3 is 9.88 Å². The smallest absolute Gasteiger partial charge is 0.234 e. The summed E-state index contributed by atoms with van der Waals surface area (Å²) in [5, 5.41) is 14.5. The number of benzene rings is 2. The van der Waals surface area contributed by atoms with Crippen LogP contribution < -0.4 is 5.32 Å². The Morgan fingerprint density at radius 2 is 1.80 bits per heavy atom. The summed E-state index contributed by atoms with van der Waals surface area (Å²) in [5.41, 5.74) is 5.46. The lowest BCUT2D eigenvalue weighted by molar-refractivity contribution is -0.113. The van der Waals surface area contributed by atoms with Gasteiger partial charge in [-0.05, 0) is 31.5 Å². The van der Waals surface area contributed by atoms with E-state index in [9.17, 15) is 4.79 Å². The zero-order valence-electron chi connectivity index (χ0n) is 17.0. The molecule has 0 bridgehead atoms. The van der Waals surface area contributed by atoms with Gasteiger partial charge in [0.2, 0.25) is 5.91 Å². The van der Waals surface area contributed by atoms with Gasteiger partial charge in [-0.25, -0.2) is 0 Å². The lowest BCUT2D eigenvalue weighted by Gasteiger charge is -2.08. The van der Waals surface area contributed by atoms with Crippen LogP contribution in [0.4, 0.5) is 5.69 Å². The van der Waals surface area contributed by atoms with Crippen LogP contribution in [0.5, 0.6) is 0 Å². The van der Waals surface area contributed by atoms with E-state index in [-0.39, 0.29) is 11.7 Å². The zero-order chi connectivity index (χ0) is 21.1. The van der Waals surface area contributed by atoms with Crippen molar-refractivity contribution in [2.24, 2.45) is 7.05 Å². The SMILES string of the molecule is Cc1ccc(-c2c(-c3nnc(SCC(=O)Nc4ccccc4)n3C)csc2C)cc1. The third-order valence-corrected chi connectivity index (χ3v) is 6.71. The highest BCUT2D eigenvalue weighted by atomic mass is 32.2. The lowest BCUT2D eigenvalue weighted by atomic mass is 10.0. The maximum Gasteiger partial charge on any atom is 0.234 e. The van der Waals surface area contributed by atoms with Crippen LogP contribution in [0.2, 0.25) is 0 Å². The molecule has 0 spiro atoms. The van der Waals surface area contributed by atoms with Gasteiger partial charge in [-0.2, -0.15) is 0 Å². The molecule has 0 aliphatic carbocycles. The van der Waals surface area contributed by atoms with Crippen molar-refractivity contribution in [2.75, 3.05) is 11.1 Å². The lowest BCUT2D eigenvalue weighted by Crippen LogP contribution is -2.14. The number of thiophene rings is 1. The summed E-state index contributed by atoms with van der Waals surface area (Å²) >= 11 is 3.09. The number of nitrogens with one attached hydrogen (secondary N) is 1. The minimum atomic E-state index is -0.0672. The predicted octanol–water partition coefficient (Wildman–Crippen LogP) is 5.56. The van der Waals surface area contributed by atoms with E-state index in [0.717, 1.165) is 17.1 Å². The highest BCUT2D eigenvalue weighted by Crippen LogP contribution is 2.38. The highest BCUT2D eigenvalue weighted by molar-refractivity contribution is 7.99. The van der Waals surface area contributed by atoms with Crippen LogP contribution in [0.15, 0.2) is 65.1 Å².